The molecule has 2 atom stereocenters. The van der Waals surface area contributed by atoms with E-state index in [1.807, 2.05) is 12.1 Å². The van der Waals surface area contributed by atoms with Crippen LogP contribution in [0.25, 0.3) is 11.0 Å². The molecule has 1 aliphatic heterocycles. The second-order valence-electron chi connectivity index (χ2n) is 5.23. The molecule has 1 saturated heterocycles. The van der Waals surface area contributed by atoms with Crippen LogP contribution in [0.5, 0.6) is 0 Å². The molecule has 1 fully saturated rings. The van der Waals surface area contributed by atoms with Gasteiger partial charge < -0.3 is 10.1 Å². The first kappa shape index (κ1) is 12.6. The third-order valence-corrected chi connectivity index (χ3v) is 3.85. The van der Waals surface area contributed by atoms with Crippen molar-refractivity contribution in [3.63, 3.8) is 0 Å². The van der Waals surface area contributed by atoms with Gasteiger partial charge in [0, 0.05) is 19.2 Å². The molecule has 5 nitrogen and oxygen atoms in total. The quantitative estimate of drug-likeness (QED) is 0.913. The van der Waals surface area contributed by atoms with Gasteiger partial charge in [-0.05, 0) is 53.7 Å². The Balaban J connectivity index is 1.58. The van der Waals surface area contributed by atoms with Crippen molar-refractivity contribution in [2.45, 2.75) is 32.4 Å². The van der Waals surface area contributed by atoms with Crippen molar-refractivity contribution in [2.24, 2.45) is 5.92 Å². The molecule has 0 amide bonds. The molecule has 19 heavy (non-hydrogen) atoms. The number of rotatable bonds is 4. The first-order valence-corrected chi connectivity index (χ1v) is 6.85. The Kier molecular flexibility index (Phi) is 3.75. The summed E-state index contributed by atoms with van der Waals surface area (Å²) in [5.74, 6) is 0.617. The zero-order valence-electron chi connectivity index (χ0n) is 11.1. The second kappa shape index (κ2) is 5.67. The average Bonchev–Trinajstić information content (AvgIpc) is 2.93. The minimum absolute atomic E-state index is 0.464. The van der Waals surface area contributed by atoms with Gasteiger partial charge in [-0.3, -0.25) is 0 Å². The lowest BCUT2D eigenvalue weighted by Crippen LogP contribution is -2.37. The van der Waals surface area contributed by atoms with Crippen molar-refractivity contribution in [2.75, 3.05) is 13.2 Å². The van der Waals surface area contributed by atoms with Gasteiger partial charge in [-0.25, -0.2) is 4.63 Å². The molecular weight excluding hydrogens is 242 g/mol. The van der Waals surface area contributed by atoms with E-state index in [9.17, 15) is 0 Å². The van der Waals surface area contributed by atoms with Gasteiger partial charge in [-0.2, -0.15) is 0 Å². The number of benzene rings is 1. The number of hydrogen-bond acceptors (Lipinski definition) is 5. The minimum Gasteiger partial charge on any atom is -0.381 e. The summed E-state index contributed by atoms with van der Waals surface area (Å²) in [4.78, 5) is 0. The zero-order chi connectivity index (χ0) is 13.1. The molecule has 1 N–H and O–H groups in total. The van der Waals surface area contributed by atoms with Crippen molar-refractivity contribution in [3.8, 4) is 0 Å². The van der Waals surface area contributed by atoms with Crippen molar-refractivity contribution >= 4 is 11.0 Å². The summed E-state index contributed by atoms with van der Waals surface area (Å²) >= 11 is 0. The second-order valence-corrected chi connectivity index (χ2v) is 5.23. The van der Waals surface area contributed by atoms with Crippen LogP contribution < -0.4 is 5.32 Å². The van der Waals surface area contributed by atoms with Crippen LogP contribution >= 0.6 is 0 Å². The van der Waals surface area contributed by atoms with E-state index >= 15 is 0 Å². The SMILES string of the molecule is C[C@H](NCc1ccc2nonc2c1)[C@@H]1CCCOC1. The van der Waals surface area contributed by atoms with E-state index in [2.05, 4.69) is 28.6 Å². The lowest BCUT2D eigenvalue weighted by molar-refractivity contribution is 0.0417. The maximum Gasteiger partial charge on any atom is 0.135 e. The summed E-state index contributed by atoms with van der Waals surface area (Å²) in [5, 5.41) is 11.2. The number of nitrogens with zero attached hydrogens (tertiary/aromatic N) is 2. The first-order chi connectivity index (χ1) is 9.33. The fourth-order valence-electron chi connectivity index (χ4n) is 2.54. The van der Waals surface area contributed by atoms with Gasteiger partial charge in [0.25, 0.3) is 0 Å². The van der Waals surface area contributed by atoms with E-state index in [0.29, 0.717) is 12.0 Å². The van der Waals surface area contributed by atoms with Crippen LogP contribution in [0.3, 0.4) is 0 Å². The maximum absolute atomic E-state index is 5.53. The van der Waals surface area contributed by atoms with Crippen LogP contribution in [0.15, 0.2) is 22.8 Å². The summed E-state index contributed by atoms with van der Waals surface area (Å²) in [5.41, 5.74) is 2.82. The Hall–Kier alpha value is -1.46. The average molecular weight is 261 g/mol. The van der Waals surface area contributed by atoms with Crippen LogP contribution in [0.1, 0.15) is 25.3 Å². The van der Waals surface area contributed by atoms with Crippen molar-refractivity contribution in [1.29, 1.82) is 0 Å². The Bertz CT molecular complexity index is 534. The molecule has 0 saturated carbocycles. The minimum atomic E-state index is 0.464. The maximum atomic E-state index is 5.53. The Morgan fingerprint density at radius 1 is 1.37 bits per heavy atom. The van der Waals surface area contributed by atoms with E-state index in [-0.39, 0.29) is 0 Å². The van der Waals surface area contributed by atoms with E-state index in [1.54, 1.807) is 0 Å². The summed E-state index contributed by atoms with van der Waals surface area (Å²) in [6, 6.07) is 6.48. The molecule has 5 heteroatoms. The highest BCUT2D eigenvalue weighted by molar-refractivity contribution is 5.73. The highest BCUT2D eigenvalue weighted by Gasteiger charge is 2.20. The van der Waals surface area contributed by atoms with E-state index in [0.717, 1.165) is 30.8 Å². The van der Waals surface area contributed by atoms with Gasteiger partial charge in [-0.1, -0.05) is 6.07 Å². The van der Waals surface area contributed by atoms with E-state index in [1.165, 1.54) is 18.4 Å². The first-order valence-electron chi connectivity index (χ1n) is 6.85. The molecule has 2 aromatic rings. The number of ether oxygens (including phenoxy) is 1. The van der Waals surface area contributed by atoms with Gasteiger partial charge in [0.05, 0.1) is 6.61 Å². The predicted octanol–water partition coefficient (Wildman–Crippen LogP) is 2.13. The molecule has 0 spiro atoms. The molecule has 2 heterocycles. The van der Waals surface area contributed by atoms with Crippen LogP contribution in [0.2, 0.25) is 0 Å². The molecule has 1 aromatic carbocycles. The molecule has 3 rings (SSSR count). The monoisotopic (exact) mass is 261 g/mol. The van der Waals surface area contributed by atoms with Gasteiger partial charge in [0.1, 0.15) is 11.0 Å². The lowest BCUT2D eigenvalue weighted by atomic mass is 9.95. The van der Waals surface area contributed by atoms with Crippen LogP contribution in [0.4, 0.5) is 0 Å². The van der Waals surface area contributed by atoms with Crippen molar-refractivity contribution < 1.29 is 9.37 Å². The standard InChI is InChI=1S/C14H19N3O2/c1-10(12-3-2-6-18-9-12)15-8-11-4-5-13-14(7-11)17-19-16-13/h4-5,7,10,12,15H,2-3,6,8-9H2,1H3/t10-,12+/m0/s1. The Morgan fingerprint density at radius 3 is 3.11 bits per heavy atom. The predicted molar refractivity (Wildman–Crippen MR) is 71.6 cm³/mol. The highest BCUT2D eigenvalue weighted by atomic mass is 16.6. The largest absolute Gasteiger partial charge is 0.381 e. The Morgan fingerprint density at radius 2 is 2.26 bits per heavy atom. The molecule has 0 unspecified atom stereocenters. The summed E-state index contributed by atoms with van der Waals surface area (Å²) in [6.07, 6.45) is 2.42. The van der Waals surface area contributed by atoms with E-state index < -0.39 is 0 Å². The third-order valence-electron chi connectivity index (χ3n) is 3.85. The molecule has 102 valence electrons. The zero-order valence-corrected chi connectivity index (χ0v) is 11.1. The molecule has 0 bridgehead atoms. The van der Waals surface area contributed by atoms with Crippen LogP contribution in [-0.2, 0) is 11.3 Å². The van der Waals surface area contributed by atoms with Crippen molar-refractivity contribution in [1.82, 2.24) is 15.6 Å². The molecular formula is C14H19N3O2. The fourth-order valence-corrected chi connectivity index (χ4v) is 2.54. The van der Waals surface area contributed by atoms with Gasteiger partial charge in [-0.15, -0.1) is 0 Å². The third kappa shape index (κ3) is 2.93. The summed E-state index contributed by atoms with van der Waals surface area (Å²) < 4.78 is 10.2. The van der Waals surface area contributed by atoms with Gasteiger partial charge in [0.15, 0.2) is 0 Å². The van der Waals surface area contributed by atoms with Crippen LogP contribution in [0, 0.1) is 5.92 Å². The molecule has 1 aliphatic rings. The number of nitrogens with one attached hydrogen (secondary N) is 1. The summed E-state index contributed by atoms with van der Waals surface area (Å²) in [6.45, 7) is 4.86. The van der Waals surface area contributed by atoms with Gasteiger partial charge in [0.2, 0.25) is 0 Å². The molecule has 0 aliphatic carbocycles. The van der Waals surface area contributed by atoms with E-state index in [4.69, 9.17) is 9.37 Å². The topological polar surface area (TPSA) is 60.2 Å². The molecule has 1 aromatic heterocycles. The van der Waals surface area contributed by atoms with Crippen LogP contribution in [-0.4, -0.2) is 29.6 Å². The number of hydrogen-bond donors (Lipinski definition) is 1. The Labute approximate surface area is 112 Å². The normalized spacial score (nSPS) is 21.6. The van der Waals surface area contributed by atoms with Gasteiger partial charge >= 0.3 is 0 Å². The fraction of sp³-hybridized carbons (Fsp3) is 0.571. The smallest absolute Gasteiger partial charge is 0.135 e. The number of fused-ring (bicyclic) bond motifs is 1. The lowest BCUT2D eigenvalue weighted by Gasteiger charge is -2.28. The highest BCUT2D eigenvalue weighted by Crippen LogP contribution is 2.18. The number of aromatic nitrogens is 2. The van der Waals surface area contributed by atoms with Crippen molar-refractivity contribution in [3.05, 3.63) is 23.8 Å². The molecule has 0 radical (unpaired) electrons. The summed E-state index contributed by atoms with van der Waals surface area (Å²) in [7, 11) is 0.